The van der Waals surface area contributed by atoms with E-state index >= 15 is 0 Å². The Balaban J connectivity index is 1.89. The van der Waals surface area contributed by atoms with Crippen molar-refractivity contribution in [2.24, 2.45) is 0 Å². The summed E-state index contributed by atoms with van der Waals surface area (Å²) in [6.45, 7) is 3.99. The Labute approximate surface area is 154 Å². The topological polar surface area (TPSA) is 45.8 Å². The van der Waals surface area contributed by atoms with Crippen molar-refractivity contribution in [3.8, 4) is 22.5 Å². The molecule has 2 heterocycles. The first-order valence-corrected chi connectivity index (χ1v) is 9.14. The maximum absolute atomic E-state index is 12.7. The fourth-order valence-corrected chi connectivity index (χ4v) is 3.89. The molecule has 4 rings (SSSR count). The van der Waals surface area contributed by atoms with Crippen LogP contribution in [-0.2, 0) is 0 Å². The minimum Gasteiger partial charge on any atom is -0.306 e. The molecule has 0 amide bonds. The second kappa shape index (κ2) is 6.14. The van der Waals surface area contributed by atoms with Crippen molar-refractivity contribution in [3.05, 3.63) is 74.3 Å². The van der Waals surface area contributed by atoms with Crippen LogP contribution in [0.15, 0.2) is 52.6 Å². The largest absolute Gasteiger partial charge is 0.306 e. The third kappa shape index (κ3) is 2.88. The summed E-state index contributed by atoms with van der Waals surface area (Å²) in [7, 11) is 0. The third-order valence-corrected chi connectivity index (χ3v) is 5.53. The number of fused-ring (bicyclic) bond motifs is 1. The van der Waals surface area contributed by atoms with Crippen LogP contribution < -0.4 is 5.56 Å². The number of hydrogen-bond acceptors (Lipinski definition) is 3. The van der Waals surface area contributed by atoms with Gasteiger partial charge in [0.2, 0.25) is 0 Å². The van der Waals surface area contributed by atoms with Gasteiger partial charge in [-0.2, -0.15) is 0 Å². The summed E-state index contributed by atoms with van der Waals surface area (Å²) in [6, 6.07) is 13.7. The Kier molecular flexibility index (Phi) is 3.94. The summed E-state index contributed by atoms with van der Waals surface area (Å²) in [4.78, 5) is 21.1. The molecule has 0 fully saturated rings. The second-order valence-electron chi connectivity index (χ2n) is 6.07. The van der Waals surface area contributed by atoms with Crippen LogP contribution in [0, 0.1) is 13.8 Å². The molecule has 1 N–H and O–H groups in total. The number of halogens is 1. The van der Waals surface area contributed by atoms with E-state index < -0.39 is 0 Å². The fourth-order valence-electron chi connectivity index (χ4n) is 2.82. The van der Waals surface area contributed by atoms with Crippen LogP contribution in [0.5, 0.6) is 0 Å². The Morgan fingerprint density at radius 1 is 1.04 bits per heavy atom. The van der Waals surface area contributed by atoms with Gasteiger partial charge in [-0.05, 0) is 37.1 Å². The number of rotatable bonds is 2. The molecule has 2 aromatic heterocycles. The summed E-state index contributed by atoms with van der Waals surface area (Å²) in [5.74, 6) is 0.596. The highest BCUT2D eigenvalue weighted by Crippen LogP contribution is 2.33. The molecule has 0 saturated carbocycles. The van der Waals surface area contributed by atoms with Crippen LogP contribution in [0.1, 0.15) is 11.1 Å². The zero-order valence-corrected chi connectivity index (χ0v) is 15.3. The molecular weight excluding hydrogens is 352 g/mol. The van der Waals surface area contributed by atoms with Gasteiger partial charge in [0, 0.05) is 21.5 Å². The lowest BCUT2D eigenvalue weighted by atomic mass is 10.0. The van der Waals surface area contributed by atoms with Crippen molar-refractivity contribution in [2.45, 2.75) is 13.8 Å². The Hall–Kier alpha value is -2.43. The number of nitrogens with zero attached hydrogens (tertiary/aromatic N) is 1. The first-order chi connectivity index (χ1) is 12.0. The molecule has 4 aromatic rings. The lowest BCUT2D eigenvalue weighted by Gasteiger charge is -2.04. The van der Waals surface area contributed by atoms with Crippen molar-refractivity contribution in [1.29, 1.82) is 0 Å². The van der Waals surface area contributed by atoms with Gasteiger partial charge in [-0.1, -0.05) is 47.5 Å². The van der Waals surface area contributed by atoms with E-state index in [1.165, 1.54) is 16.9 Å². The van der Waals surface area contributed by atoms with Crippen LogP contribution in [0.4, 0.5) is 0 Å². The van der Waals surface area contributed by atoms with Gasteiger partial charge in [-0.25, -0.2) is 4.98 Å². The van der Waals surface area contributed by atoms with Crippen molar-refractivity contribution in [2.75, 3.05) is 0 Å². The van der Waals surface area contributed by atoms with Crippen LogP contribution in [-0.4, -0.2) is 9.97 Å². The molecule has 0 saturated heterocycles. The second-order valence-corrected chi connectivity index (χ2v) is 7.34. The molecule has 0 aliphatic heterocycles. The van der Waals surface area contributed by atoms with Crippen molar-refractivity contribution < 1.29 is 0 Å². The van der Waals surface area contributed by atoms with E-state index in [-0.39, 0.29) is 5.56 Å². The van der Waals surface area contributed by atoms with Gasteiger partial charge in [-0.3, -0.25) is 4.79 Å². The maximum Gasteiger partial charge on any atom is 0.260 e. The number of aromatic amines is 1. The van der Waals surface area contributed by atoms with Crippen molar-refractivity contribution in [3.63, 3.8) is 0 Å². The fraction of sp³-hybridized carbons (Fsp3) is 0.100. The third-order valence-electron chi connectivity index (χ3n) is 4.24. The highest BCUT2D eigenvalue weighted by molar-refractivity contribution is 7.17. The van der Waals surface area contributed by atoms with Crippen LogP contribution in [0.3, 0.4) is 0 Å². The molecule has 0 radical (unpaired) electrons. The number of aromatic nitrogens is 2. The number of aryl methyl sites for hydroxylation is 2. The molecule has 0 unspecified atom stereocenters. The minimum absolute atomic E-state index is 0.121. The normalized spacial score (nSPS) is 11.2. The molecular formula is C20H15ClN2OS. The van der Waals surface area contributed by atoms with Crippen LogP contribution in [0.2, 0.25) is 5.02 Å². The predicted molar refractivity (Wildman–Crippen MR) is 106 cm³/mol. The maximum atomic E-state index is 12.7. The highest BCUT2D eigenvalue weighted by atomic mass is 35.5. The van der Waals surface area contributed by atoms with Gasteiger partial charge >= 0.3 is 0 Å². The zero-order valence-electron chi connectivity index (χ0n) is 13.8. The van der Waals surface area contributed by atoms with Gasteiger partial charge in [0.05, 0.1) is 5.39 Å². The molecule has 124 valence electrons. The molecule has 0 aliphatic rings. The smallest absolute Gasteiger partial charge is 0.260 e. The van der Waals surface area contributed by atoms with E-state index in [0.717, 1.165) is 32.1 Å². The molecule has 3 nitrogen and oxygen atoms in total. The lowest BCUT2D eigenvalue weighted by Crippen LogP contribution is -2.09. The number of nitrogens with one attached hydrogen (secondary N) is 1. The number of thiophene rings is 1. The van der Waals surface area contributed by atoms with Gasteiger partial charge in [0.15, 0.2) is 0 Å². The van der Waals surface area contributed by atoms with Crippen LogP contribution in [0.25, 0.3) is 32.7 Å². The summed E-state index contributed by atoms with van der Waals surface area (Å²) in [6.07, 6.45) is 0. The standard InChI is InChI=1S/C20H15ClN2OS/c1-11-3-5-13(6-4-11)18-22-19(24)17-15(10-25-20(17)23-18)14-7-8-16(21)12(2)9-14/h3-10H,1-2H3,(H,22,23,24). The van der Waals surface area contributed by atoms with Gasteiger partial charge in [0.1, 0.15) is 10.7 Å². The lowest BCUT2D eigenvalue weighted by molar-refractivity contribution is 1.19. The average molecular weight is 367 g/mol. The molecule has 2 aromatic carbocycles. The monoisotopic (exact) mass is 366 g/mol. The van der Waals surface area contributed by atoms with E-state index in [4.69, 9.17) is 11.6 Å². The van der Waals surface area contributed by atoms with Gasteiger partial charge in [0.25, 0.3) is 5.56 Å². The summed E-state index contributed by atoms with van der Waals surface area (Å²) < 4.78 is 0. The van der Waals surface area contributed by atoms with E-state index in [1.54, 1.807) is 0 Å². The molecule has 25 heavy (non-hydrogen) atoms. The quantitative estimate of drug-likeness (QED) is 0.502. The molecule has 0 spiro atoms. The number of hydrogen-bond donors (Lipinski definition) is 1. The summed E-state index contributed by atoms with van der Waals surface area (Å²) in [5.41, 5.74) is 4.81. The molecule has 0 aliphatic carbocycles. The SMILES string of the molecule is Cc1ccc(-c2nc3scc(-c4ccc(Cl)c(C)c4)c3c(=O)[nH]2)cc1. The van der Waals surface area contributed by atoms with E-state index in [1.807, 2.05) is 61.7 Å². The van der Waals surface area contributed by atoms with Gasteiger partial charge in [-0.15, -0.1) is 11.3 Å². The zero-order chi connectivity index (χ0) is 17.6. The van der Waals surface area contributed by atoms with Crippen LogP contribution >= 0.6 is 22.9 Å². The number of H-pyrrole nitrogens is 1. The van der Waals surface area contributed by atoms with E-state index in [2.05, 4.69) is 9.97 Å². The van der Waals surface area contributed by atoms with E-state index in [9.17, 15) is 4.79 Å². The molecule has 0 atom stereocenters. The first-order valence-electron chi connectivity index (χ1n) is 7.88. The molecule has 5 heteroatoms. The summed E-state index contributed by atoms with van der Waals surface area (Å²) in [5, 5.41) is 3.33. The summed E-state index contributed by atoms with van der Waals surface area (Å²) >= 11 is 7.59. The van der Waals surface area contributed by atoms with Crippen molar-refractivity contribution >= 4 is 33.2 Å². The predicted octanol–water partition coefficient (Wildman–Crippen LogP) is 5.59. The highest BCUT2D eigenvalue weighted by Gasteiger charge is 2.14. The minimum atomic E-state index is -0.121. The Bertz CT molecular complexity index is 1140. The Morgan fingerprint density at radius 3 is 2.48 bits per heavy atom. The van der Waals surface area contributed by atoms with E-state index in [0.29, 0.717) is 11.2 Å². The van der Waals surface area contributed by atoms with Crippen molar-refractivity contribution in [1.82, 2.24) is 9.97 Å². The van der Waals surface area contributed by atoms with Gasteiger partial charge < -0.3 is 4.98 Å². The number of benzene rings is 2. The average Bonchev–Trinajstić information content (AvgIpc) is 3.02. The molecule has 0 bridgehead atoms. The Morgan fingerprint density at radius 2 is 1.76 bits per heavy atom. The first kappa shape index (κ1) is 16.1.